The maximum absolute atomic E-state index is 2.32. The molecule has 0 atom stereocenters. The third kappa shape index (κ3) is 0.989. The van der Waals surface area contributed by atoms with Crippen LogP contribution in [0.1, 0.15) is 13.8 Å². The lowest BCUT2D eigenvalue weighted by molar-refractivity contribution is 0.424. The molecule has 0 saturated carbocycles. The molecule has 0 N–H and O–H groups in total. The predicted octanol–water partition coefficient (Wildman–Crippen LogP) is 1.55. The zero-order valence-corrected chi connectivity index (χ0v) is 5.28. The highest BCUT2D eigenvalue weighted by atomic mass is 14.1. The zero-order valence-electron chi connectivity index (χ0n) is 5.28. The predicted molar refractivity (Wildman–Crippen MR) is 35.1 cm³/mol. The van der Waals surface area contributed by atoms with E-state index >= 15 is 0 Å². The lowest BCUT2D eigenvalue weighted by atomic mass is 9.48. The van der Waals surface area contributed by atoms with Gasteiger partial charge in [-0.1, -0.05) is 32.4 Å². The van der Waals surface area contributed by atoms with Crippen molar-refractivity contribution in [3.63, 3.8) is 0 Å². The standard InChI is InChI=1S/C6H13B/c1-5(2)6-3-7-4-6/h5-7H,3-4H2,1-2H3. The van der Waals surface area contributed by atoms with Gasteiger partial charge in [-0.2, -0.15) is 0 Å². The van der Waals surface area contributed by atoms with Gasteiger partial charge in [0, 0.05) is 0 Å². The number of hydrogen-bond donors (Lipinski definition) is 0. The van der Waals surface area contributed by atoms with Crippen LogP contribution in [-0.4, -0.2) is 7.28 Å². The maximum Gasteiger partial charge on any atom is 0.121 e. The molecule has 1 heterocycles. The fourth-order valence-electron chi connectivity index (χ4n) is 1.11. The molecule has 1 aliphatic heterocycles. The molecule has 1 rings (SSSR count). The monoisotopic (exact) mass is 96.1 g/mol. The molecule has 0 bridgehead atoms. The van der Waals surface area contributed by atoms with Crippen LogP contribution in [-0.2, 0) is 0 Å². The Kier molecular flexibility index (Phi) is 1.41. The van der Waals surface area contributed by atoms with Gasteiger partial charge in [0.15, 0.2) is 0 Å². The Morgan fingerprint density at radius 2 is 2.00 bits per heavy atom. The fraction of sp³-hybridized carbons (Fsp3) is 1.00. The van der Waals surface area contributed by atoms with Crippen molar-refractivity contribution in [2.45, 2.75) is 26.5 Å². The van der Waals surface area contributed by atoms with Crippen molar-refractivity contribution in [1.82, 2.24) is 0 Å². The summed E-state index contributed by atoms with van der Waals surface area (Å²) in [5.41, 5.74) is 0. The van der Waals surface area contributed by atoms with Crippen molar-refractivity contribution in [3.05, 3.63) is 0 Å². The molecule has 0 spiro atoms. The highest BCUT2D eigenvalue weighted by Crippen LogP contribution is 2.28. The molecule has 0 aromatic rings. The number of rotatable bonds is 1. The highest BCUT2D eigenvalue weighted by Gasteiger charge is 2.20. The van der Waals surface area contributed by atoms with Crippen LogP contribution in [0.2, 0.25) is 12.6 Å². The minimum Gasteiger partial charge on any atom is -0.0750 e. The molecule has 0 aliphatic carbocycles. The molecular formula is C6H13B. The summed E-state index contributed by atoms with van der Waals surface area (Å²) >= 11 is 0. The third-order valence-electron chi connectivity index (χ3n) is 2.09. The van der Waals surface area contributed by atoms with Gasteiger partial charge in [-0.3, -0.25) is 0 Å². The Morgan fingerprint density at radius 1 is 1.43 bits per heavy atom. The van der Waals surface area contributed by atoms with E-state index in [2.05, 4.69) is 13.8 Å². The first kappa shape index (κ1) is 5.21. The van der Waals surface area contributed by atoms with Crippen molar-refractivity contribution in [3.8, 4) is 0 Å². The van der Waals surface area contributed by atoms with Crippen LogP contribution in [0.4, 0.5) is 0 Å². The van der Waals surface area contributed by atoms with Crippen LogP contribution in [0.15, 0.2) is 0 Å². The van der Waals surface area contributed by atoms with Crippen molar-refractivity contribution < 1.29 is 0 Å². The molecular weight excluding hydrogens is 82.9 g/mol. The van der Waals surface area contributed by atoms with Crippen molar-refractivity contribution >= 4 is 7.28 Å². The summed E-state index contributed by atoms with van der Waals surface area (Å²) < 4.78 is 0. The van der Waals surface area contributed by atoms with Gasteiger partial charge in [-0.05, 0) is 5.92 Å². The number of hydrogen-bond acceptors (Lipinski definition) is 0. The second-order valence-electron chi connectivity index (χ2n) is 2.94. The van der Waals surface area contributed by atoms with Gasteiger partial charge in [-0.15, -0.1) is 0 Å². The van der Waals surface area contributed by atoms with Crippen LogP contribution < -0.4 is 0 Å². The molecule has 0 amide bonds. The van der Waals surface area contributed by atoms with Gasteiger partial charge in [0.05, 0.1) is 0 Å². The van der Waals surface area contributed by atoms with E-state index < -0.39 is 0 Å². The summed E-state index contributed by atoms with van der Waals surface area (Å²) in [6, 6.07) is 0. The summed E-state index contributed by atoms with van der Waals surface area (Å²) in [6.07, 6.45) is 3.00. The summed E-state index contributed by atoms with van der Waals surface area (Å²) in [6.45, 7) is 4.65. The minimum atomic E-state index is 0.953. The first-order valence-corrected chi connectivity index (χ1v) is 3.30. The van der Waals surface area contributed by atoms with Gasteiger partial charge in [0.2, 0.25) is 0 Å². The Hall–Kier alpha value is 0.0649. The Balaban J connectivity index is 2.14. The fourth-order valence-corrected chi connectivity index (χ4v) is 1.11. The molecule has 0 unspecified atom stereocenters. The molecule has 0 aromatic heterocycles. The van der Waals surface area contributed by atoms with E-state index in [1.807, 2.05) is 0 Å². The second-order valence-corrected chi connectivity index (χ2v) is 2.94. The molecule has 40 valence electrons. The molecule has 0 radical (unpaired) electrons. The molecule has 1 fully saturated rings. The van der Waals surface area contributed by atoms with Gasteiger partial charge in [0.1, 0.15) is 7.28 Å². The van der Waals surface area contributed by atoms with Gasteiger partial charge in [-0.25, -0.2) is 0 Å². The van der Waals surface area contributed by atoms with E-state index in [0.29, 0.717) is 0 Å². The average Bonchev–Trinajstić information content (AvgIpc) is 1.23. The topological polar surface area (TPSA) is 0 Å². The van der Waals surface area contributed by atoms with Gasteiger partial charge >= 0.3 is 0 Å². The Morgan fingerprint density at radius 3 is 2.00 bits per heavy atom. The molecule has 0 aromatic carbocycles. The zero-order chi connectivity index (χ0) is 5.28. The van der Waals surface area contributed by atoms with E-state index in [4.69, 9.17) is 0 Å². The van der Waals surface area contributed by atoms with Gasteiger partial charge < -0.3 is 0 Å². The summed E-state index contributed by atoms with van der Waals surface area (Å²) in [5, 5.41) is 0. The van der Waals surface area contributed by atoms with Crippen molar-refractivity contribution in [1.29, 1.82) is 0 Å². The van der Waals surface area contributed by atoms with Crippen LogP contribution in [0.5, 0.6) is 0 Å². The SMILES string of the molecule is CC(C)C1CBC1. The van der Waals surface area contributed by atoms with Crippen molar-refractivity contribution in [2.75, 3.05) is 0 Å². The molecule has 0 nitrogen and oxygen atoms in total. The lowest BCUT2D eigenvalue weighted by Gasteiger charge is -2.27. The average molecular weight is 96.0 g/mol. The van der Waals surface area contributed by atoms with Crippen molar-refractivity contribution in [2.24, 2.45) is 11.8 Å². The van der Waals surface area contributed by atoms with Crippen LogP contribution >= 0.6 is 0 Å². The molecule has 1 saturated heterocycles. The highest BCUT2D eigenvalue weighted by molar-refractivity contribution is 6.39. The molecule has 1 heteroatoms. The summed E-state index contributed by atoms with van der Waals surface area (Å²) in [7, 11) is 1.49. The van der Waals surface area contributed by atoms with Crippen LogP contribution in [0, 0.1) is 11.8 Å². The summed E-state index contributed by atoms with van der Waals surface area (Å²) in [5.74, 6) is 2.04. The van der Waals surface area contributed by atoms with E-state index in [9.17, 15) is 0 Å². The van der Waals surface area contributed by atoms with Crippen LogP contribution in [0.3, 0.4) is 0 Å². The third-order valence-corrected chi connectivity index (χ3v) is 2.09. The molecule has 7 heavy (non-hydrogen) atoms. The first-order chi connectivity index (χ1) is 3.30. The molecule has 1 aliphatic rings. The Labute approximate surface area is 46.5 Å². The second kappa shape index (κ2) is 1.89. The Bertz CT molecular complexity index is 55.2. The van der Waals surface area contributed by atoms with Crippen LogP contribution in [0.25, 0.3) is 0 Å². The summed E-state index contributed by atoms with van der Waals surface area (Å²) in [4.78, 5) is 0. The first-order valence-electron chi connectivity index (χ1n) is 3.30. The van der Waals surface area contributed by atoms with Gasteiger partial charge in [0.25, 0.3) is 0 Å². The van der Waals surface area contributed by atoms with E-state index in [-0.39, 0.29) is 0 Å². The minimum absolute atomic E-state index is 0.953. The van der Waals surface area contributed by atoms with E-state index in [1.54, 1.807) is 0 Å². The van der Waals surface area contributed by atoms with E-state index in [1.165, 1.54) is 19.9 Å². The largest absolute Gasteiger partial charge is 0.121 e. The smallest absolute Gasteiger partial charge is 0.0750 e. The lowest BCUT2D eigenvalue weighted by Crippen LogP contribution is -2.22. The van der Waals surface area contributed by atoms with E-state index in [0.717, 1.165) is 11.8 Å². The normalized spacial score (nSPS) is 21.6. The quantitative estimate of drug-likeness (QED) is 0.434. The maximum atomic E-state index is 2.32.